The van der Waals surface area contributed by atoms with E-state index in [1.807, 2.05) is 0 Å². The van der Waals surface area contributed by atoms with Crippen LogP contribution in [0.2, 0.25) is 0 Å². The van der Waals surface area contributed by atoms with Gasteiger partial charge in [0, 0.05) is 0 Å². The van der Waals surface area contributed by atoms with Gasteiger partial charge in [0.25, 0.3) is 0 Å². The number of sulfone groups is 1. The van der Waals surface area contributed by atoms with Crippen LogP contribution in [0.5, 0.6) is 0 Å². The van der Waals surface area contributed by atoms with Gasteiger partial charge < -0.3 is 11.1 Å². The first-order valence-electron chi connectivity index (χ1n) is 5.57. The Bertz CT molecular complexity index is 414. The summed E-state index contributed by atoms with van der Waals surface area (Å²) in [4.78, 5) is 11.9. The number of nitrogens with two attached hydrogens (primary N) is 1. The fourth-order valence-corrected chi connectivity index (χ4v) is 4.39. The molecule has 0 radical (unpaired) electrons. The Kier molecular flexibility index (Phi) is 2.54. The fourth-order valence-electron chi connectivity index (χ4n) is 2.29. The molecule has 3 N–H and O–H groups in total. The van der Waals surface area contributed by atoms with Crippen molar-refractivity contribution in [3.05, 3.63) is 0 Å². The lowest BCUT2D eigenvalue weighted by atomic mass is 9.76. The van der Waals surface area contributed by atoms with E-state index in [2.05, 4.69) is 5.32 Å². The number of nitrogens with one attached hydrogen (secondary N) is 1. The van der Waals surface area contributed by atoms with Gasteiger partial charge in [-0.05, 0) is 32.6 Å². The predicted octanol–water partition coefficient (Wildman–Crippen LogP) is -0.439. The number of rotatable bonds is 2. The molecule has 0 aromatic carbocycles. The van der Waals surface area contributed by atoms with E-state index in [1.165, 1.54) is 0 Å². The molecule has 1 aliphatic heterocycles. The van der Waals surface area contributed by atoms with Gasteiger partial charge in [0.15, 0.2) is 9.84 Å². The van der Waals surface area contributed by atoms with Crippen molar-refractivity contribution in [3.63, 3.8) is 0 Å². The van der Waals surface area contributed by atoms with Gasteiger partial charge in [-0.1, -0.05) is 0 Å². The maximum atomic E-state index is 11.9. The highest BCUT2D eigenvalue weighted by atomic mass is 32.2. The minimum atomic E-state index is -2.99. The first-order valence-corrected chi connectivity index (χ1v) is 7.39. The standard InChI is InChI=1S/C10H18N2O3S/c1-9(5-6-16(14,15)7-9)12-8(13)10(11)3-2-4-10/h2-7,11H2,1H3,(H,12,13). The van der Waals surface area contributed by atoms with Crippen LogP contribution in [0.25, 0.3) is 0 Å². The quantitative estimate of drug-likeness (QED) is 0.691. The van der Waals surface area contributed by atoms with Crippen molar-refractivity contribution in [3.8, 4) is 0 Å². The summed E-state index contributed by atoms with van der Waals surface area (Å²) < 4.78 is 22.8. The van der Waals surface area contributed by atoms with E-state index in [0.717, 1.165) is 6.42 Å². The SMILES string of the molecule is CC1(NC(=O)C2(N)CCC2)CCS(=O)(=O)C1. The van der Waals surface area contributed by atoms with Crippen molar-refractivity contribution in [2.24, 2.45) is 5.73 Å². The second kappa shape index (κ2) is 3.43. The van der Waals surface area contributed by atoms with E-state index in [0.29, 0.717) is 19.3 Å². The Balaban J connectivity index is 2.02. The number of hydrogen-bond acceptors (Lipinski definition) is 4. The van der Waals surface area contributed by atoms with Gasteiger partial charge in [-0.2, -0.15) is 0 Å². The van der Waals surface area contributed by atoms with E-state index >= 15 is 0 Å². The first-order chi connectivity index (χ1) is 7.25. The molecule has 1 heterocycles. The lowest BCUT2D eigenvalue weighted by molar-refractivity contribution is -0.130. The van der Waals surface area contributed by atoms with E-state index in [1.54, 1.807) is 6.92 Å². The average molecular weight is 246 g/mol. The summed E-state index contributed by atoms with van der Waals surface area (Å²) in [6.07, 6.45) is 2.85. The third-order valence-corrected chi connectivity index (χ3v) is 5.52. The number of carbonyl (C=O) groups excluding carboxylic acids is 1. The zero-order valence-corrected chi connectivity index (χ0v) is 10.3. The lowest BCUT2D eigenvalue weighted by Gasteiger charge is -2.39. The summed E-state index contributed by atoms with van der Waals surface area (Å²) in [6, 6.07) is 0. The molecule has 16 heavy (non-hydrogen) atoms. The molecular formula is C10H18N2O3S. The van der Waals surface area contributed by atoms with Crippen LogP contribution >= 0.6 is 0 Å². The van der Waals surface area contributed by atoms with Crippen LogP contribution in [0, 0.1) is 0 Å². The molecule has 0 spiro atoms. The minimum absolute atomic E-state index is 0.0296. The zero-order valence-electron chi connectivity index (χ0n) is 9.45. The summed E-state index contributed by atoms with van der Waals surface area (Å²) in [7, 11) is -2.99. The molecule has 0 aromatic heterocycles. The lowest BCUT2D eigenvalue weighted by Crippen LogP contribution is -2.63. The van der Waals surface area contributed by atoms with Gasteiger partial charge in [0.2, 0.25) is 5.91 Å². The molecule has 2 fully saturated rings. The summed E-state index contributed by atoms with van der Waals surface area (Å²) in [5, 5.41) is 2.81. The molecule has 1 atom stereocenters. The van der Waals surface area contributed by atoms with Crippen molar-refractivity contribution in [1.82, 2.24) is 5.32 Å². The monoisotopic (exact) mass is 246 g/mol. The Labute approximate surface area is 95.7 Å². The second-order valence-electron chi connectivity index (χ2n) is 5.37. The van der Waals surface area contributed by atoms with Gasteiger partial charge in [-0.15, -0.1) is 0 Å². The fraction of sp³-hybridized carbons (Fsp3) is 0.900. The van der Waals surface area contributed by atoms with Crippen LogP contribution in [0.15, 0.2) is 0 Å². The van der Waals surface area contributed by atoms with Gasteiger partial charge in [0.05, 0.1) is 22.6 Å². The van der Waals surface area contributed by atoms with Crippen LogP contribution < -0.4 is 11.1 Å². The molecule has 1 amide bonds. The molecule has 1 aliphatic carbocycles. The van der Waals surface area contributed by atoms with E-state index in [9.17, 15) is 13.2 Å². The molecule has 1 saturated carbocycles. The molecule has 2 aliphatic rings. The van der Waals surface area contributed by atoms with Gasteiger partial charge >= 0.3 is 0 Å². The van der Waals surface area contributed by atoms with Crippen molar-refractivity contribution in [2.45, 2.75) is 43.7 Å². The Hall–Kier alpha value is -0.620. The molecule has 6 heteroatoms. The van der Waals surface area contributed by atoms with Crippen LogP contribution in [0.4, 0.5) is 0 Å². The van der Waals surface area contributed by atoms with Crippen molar-refractivity contribution >= 4 is 15.7 Å². The van der Waals surface area contributed by atoms with Gasteiger partial charge in [-0.3, -0.25) is 4.79 Å². The first kappa shape index (κ1) is 11.9. The Morgan fingerprint density at radius 1 is 1.31 bits per heavy atom. The molecule has 0 aromatic rings. The summed E-state index contributed by atoms with van der Waals surface area (Å²) in [5.74, 6) is -0.0123. The number of carbonyl (C=O) groups is 1. The predicted molar refractivity (Wildman–Crippen MR) is 60.6 cm³/mol. The topological polar surface area (TPSA) is 89.3 Å². The summed E-state index contributed by atoms with van der Waals surface area (Å²) in [6.45, 7) is 1.78. The zero-order chi connectivity index (χ0) is 12.0. The normalized spacial score (nSPS) is 35.4. The van der Waals surface area contributed by atoms with Crippen LogP contribution in [-0.4, -0.2) is 36.9 Å². The van der Waals surface area contributed by atoms with Gasteiger partial charge in [0.1, 0.15) is 0 Å². The molecule has 0 bridgehead atoms. The third-order valence-electron chi connectivity index (χ3n) is 3.62. The largest absolute Gasteiger partial charge is 0.348 e. The van der Waals surface area contributed by atoms with Gasteiger partial charge in [-0.25, -0.2) is 8.42 Å². The van der Waals surface area contributed by atoms with Crippen molar-refractivity contribution in [1.29, 1.82) is 0 Å². The molecule has 92 valence electrons. The molecule has 5 nitrogen and oxygen atoms in total. The summed E-state index contributed by atoms with van der Waals surface area (Å²) >= 11 is 0. The summed E-state index contributed by atoms with van der Waals surface area (Å²) in [5.41, 5.74) is 4.51. The molecular weight excluding hydrogens is 228 g/mol. The Morgan fingerprint density at radius 3 is 2.31 bits per heavy atom. The molecule has 2 rings (SSSR count). The molecule has 1 saturated heterocycles. The van der Waals surface area contributed by atoms with Crippen molar-refractivity contribution in [2.75, 3.05) is 11.5 Å². The van der Waals surface area contributed by atoms with E-state index in [-0.39, 0.29) is 17.4 Å². The average Bonchev–Trinajstić information content (AvgIpc) is 2.36. The third kappa shape index (κ3) is 2.08. The highest BCUT2D eigenvalue weighted by molar-refractivity contribution is 7.91. The second-order valence-corrected chi connectivity index (χ2v) is 7.55. The van der Waals surface area contributed by atoms with Crippen LogP contribution in [0.3, 0.4) is 0 Å². The van der Waals surface area contributed by atoms with Crippen molar-refractivity contribution < 1.29 is 13.2 Å². The maximum absolute atomic E-state index is 11.9. The highest BCUT2D eigenvalue weighted by Crippen LogP contribution is 2.31. The maximum Gasteiger partial charge on any atom is 0.240 e. The highest BCUT2D eigenvalue weighted by Gasteiger charge is 2.45. The number of amides is 1. The van der Waals surface area contributed by atoms with E-state index in [4.69, 9.17) is 5.73 Å². The minimum Gasteiger partial charge on any atom is -0.348 e. The van der Waals surface area contributed by atoms with Crippen LogP contribution in [-0.2, 0) is 14.6 Å². The van der Waals surface area contributed by atoms with Crippen LogP contribution in [0.1, 0.15) is 32.6 Å². The van der Waals surface area contributed by atoms with E-state index < -0.39 is 20.9 Å². The Morgan fingerprint density at radius 2 is 1.94 bits per heavy atom. The molecule has 1 unspecified atom stereocenters. The smallest absolute Gasteiger partial charge is 0.240 e. The number of hydrogen-bond donors (Lipinski definition) is 2.